The van der Waals surface area contributed by atoms with Crippen LogP contribution < -0.4 is 44.3 Å². The number of carbonyl (C=O) groups is 1. The molecule has 126 valence electrons. The first kappa shape index (κ1) is 19.7. The number of carboxylic acids is 1. The van der Waals surface area contributed by atoms with Crippen molar-refractivity contribution in [3.63, 3.8) is 0 Å². The minimum Gasteiger partial charge on any atom is -0.549 e. The van der Waals surface area contributed by atoms with Gasteiger partial charge in [-0.2, -0.15) is 5.10 Å². The molecule has 0 atom stereocenters. The maximum atomic E-state index is 10.7. The zero-order valence-electron chi connectivity index (χ0n) is 14.5. The van der Waals surface area contributed by atoms with Gasteiger partial charge in [0.2, 0.25) is 0 Å². The molecule has 1 aromatic heterocycles. The van der Waals surface area contributed by atoms with Crippen LogP contribution in [0.1, 0.15) is 0 Å². The van der Waals surface area contributed by atoms with Crippen molar-refractivity contribution in [2.24, 2.45) is 0 Å². The molecule has 1 fully saturated rings. The first-order valence-corrected chi connectivity index (χ1v) is 7.80. The van der Waals surface area contributed by atoms with E-state index in [0.29, 0.717) is 26.2 Å². The molecule has 0 unspecified atom stereocenters. The van der Waals surface area contributed by atoms with E-state index >= 15 is 0 Å². The van der Waals surface area contributed by atoms with Crippen molar-refractivity contribution in [2.45, 2.75) is 0 Å². The number of ether oxygens (including phenoxy) is 1. The Hall–Kier alpha value is -1.67. The van der Waals surface area contributed by atoms with Crippen LogP contribution in [0, 0.1) is 0 Å². The minimum absolute atomic E-state index is 0. The van der Waals surface area contributed by atoms with Crippen molar-refractivity contribution >= 4 is 11.8 Å². The number of benzene rings is 1. The molecule has 2 heterocycles. The summed E-state index contributed by atoms with van der Waals surface area (Å²) in [6, 6.07) is 9.76. The molecule has 0 amide bonds. The van der Waals surface area contributed by atoms with Crippen molar-refractivity contribution in [1.82, 2.24) is 15.1 Å². The molecule has 25 heavy (non-hydrogen) atoms. The van der Waals surface area contributed by atoms with Crippen LogP contribution in [-0.2, 0) is 4.79 Å². The van der Waals surface area contributed by atoms with Gasteiger partial charge in [-0.1, -0.05) is 18.2 Å². The van der Waals surface area contributed by atoms with Crippen LogP contribution in [0.25, 0.3) is 11.1 Å². The fraction of sp³-hybridized carbons (Fsp3) is 0.353. The van der Waals surface area contributed by atoms with Crippen LogP contribution in [0.15, 0.2) is 36.5 Å². The summed E-state index contributed by atoms with van der Waals surface area (Å²) in [4.78, 5) is 14.7. The van der Waals surface area contributed by atoms with Crippen LogP contribution in [0.5, 0.6) is 5.75 Å². The van der Waals surface area contributed by atoms with E-state index in [1.165, 1.54) is 0 Å². The molecule has 0 N–H and O–H groups in total. The van der Waals surface area contributed by atoms with Gasteiger partial charge in [0.15, 0.2) is 5.82 Å². The summed E-state index contributed by atoms with van der Waals surface area (Å²) in [5.41, 5.74) is 1.90. The zero-order chi connectivity index (χ0) is 16.9. The molecular formula is C17H19N4NaO3. The predicted octanol–water partition coefficient (Wildman–Crippen LogP) is -2.97. The molecule has 1 aliphatic heterocycles. The number of carbonyl (C=O) groups excluding carboxylic acids is 1. The summed E-state index contributed by atoms with van der Waals surface area (Å²) in [7, 11) is 1.64. The van der Waals surface area contributed by atoms with E-state index in [4.69, 9.17) is 4.74 Å². The van der Waals surface area contributed by atoms with E-state index in [-0.39, 0.29) is 36.1 Å². The van der Waals surface area contributed by atoms with E-state index in [0.717, 1.165) is 22.7 Å². The SMILES string of the molecule is COc1ccccc1-c1cnnc(N2CCN(CC(=O)[O-])CC2)c1.[Na+]. The Labute approximate surface area is 168 Å². The second-order valence-corrected chi connectivity index (χ2v) is 5.64. The average Bonchev–Trinajstić information content (AvgIpc) is 2.62. The zero-order valence-corrected chi connectivity index (χ0v) is 16.5. The number of anilines is 1. The van der Waals surface area contributed by atoms with Crippen molar-refractivity contribution in [1.29, 1.82) is 0 Å². The van der Waals surface area contributed by atoms with Gasteiger partial charge in [0.1, 0.15) is 5.75 Å². The molecule has 3 rings (SSSR count). The van der Waals surface area contributed by atoms with Crippen molar-refractivity contribution < 1.29 is 44.2 Å². The number of carboxylic acid groups (broad SMARTS) is 1. The first-order valence-electron chi connectivity index (χ1n) is 7.80. The Morgan fingerprint density at radius 3 is 2.64 bits per heavy atom. The predicted molar refractivity (Wildman–Crippen MR) is 87.7 cm³/mol. The second-order valence-electron chi connectivity index (χ2n) is 5.64. The molecular weight excluding hydrogens is 331 g/mol. The average molecular weight is 350 g/mol. The van der Waals surface area contributed by atoms with Crippen LogP contribution in [0.3, 0.4) is 0 Å². The van der Waals surface area contributed by atoms with E-state index in [9.17, 15) is 9.90 Å². The molecule has 8 heteroatoms. The molecule has 0 spiro atoms. The van der Waals surface area contributed by atoms with Gasteiger partial charge in [-0.05, 0) is 12.1 Å². The van der Waals surface area contributed by atoms with Gasteiger partial charge in [0, 0.05) is 43.9 Å². The number of nitrogens with zero attached hydrogens (tertiary/aromatic N) is 4. The molecule has 0 bridgehead atoms. The molecule has 7 nitrogen and oxygen atoms in total. The minimum atomic E-state index is -1.04. The summed E-state index contributed by atoms with van der Waals surface area (Å²) in [6.07, 6.45) is 1.72. The van der Waals surface area contributed by atoms with Crippen LogP contribution >= 0.6 is 0 Å². The molecule has 0 saturated carbocycles. The fourth-order valence-corrected chi connectivity index (χ4v) is 2.86. The van der Waals surface area contributed by atoms with E-state index in [1.807, 2.05) is 35.2 Å². The van der Waals surface area contributed by atoms with Gasteiger partial charge in [-0.15, -0.1) is 5.10 Å². The number of methoxy groups -OCH3 is 1. The Bertz CT molecular complexity index is 721. The van der Waals surface area contributed by atoms with Gasteiger partial charge < -0.3 is 19.5 Å². The van der Waals surface area contributed by atoms with Gasteiger partial charge >= 0.3 is 29.6 Å². The summed E-state index contributed by atoms with van der Waals surface area (Å²) < 4.78 is 5.41. The van der Waals surface area contributed by atoms with Crippen LogP contribution in [0.2, 0.25) is 0 Å². The summed E-state index contributed by atoms with van der Waals surface area (Å²) in [5, 5.41) is 19.0. The third-order valence-corrected chi connectivity index (χ3v) is 4.11. The van der Waals surface area contributed by atoms with Crippen molar-refractivity contribution in [2.75, 3.05) is 44.7 Å². The van der Waals surface area contributed by atoms with Gasteiger partial charge in [-0.3, -0.25) is 4.90 Å². The fourth-order valence-electron chi connectivity index (χ4n) is 2.86. The normalized spacial score (nSPS) is 14.7. The Balaban J connectivity index is 0.00000225. The molecule has 2 aromatic rings. The monoisotopic (exact) mass is 350 g/mol. The molecule has 0 radical (unpaired) electrons. The first-order chi connectivity index (χ1) is 11.7. The number of aromatic nitrogens is 2. The molecule has 0 aliphatic carbocycles. The Morgan fingerprint density at radius 2 is 1.96 bits per heavy atom. The second kappa shape index (κ2) is 9.15. The van der Waals surface area contributed by atoms with Crippen LogP contribution in [0.4, 0.5) is 5.82 Å². The van der Waals surface area contributed by atoms with Crippen LogP contribution in [-0.4, -0.2) is 60.9 Å². The Morgan fingerprint density at radius 1 is 1.24 bits per heavy atom. The number of para-hydroxylation sites is 1. The number of aliphatic carboxylic acids is 1. The van der Waals surface area contributed by atoms with E-state index in [2.05, 4.69) is 15.1 Å². The largest absolute Gasteiger partial charge is 1.00 e. The van der Waals surface area contributed by atoms with Crippen molar-refractivity contribution in [3.8, 4) is 16.9 Å². The van der Waals surface area contributed by atoms with Gasteiger partial charge in [0.25, 0.3) is 0 Å². The molecule has 1 aromatic carbocycles. The molecule has 1 saturated heterocycles. The van der Waals surface area contributed by atoms with E-state index < -0.39 is 5.97 Å². The number of hydrogen-bond acceptors (Lipinski definition) is 7. The number of hydrogen-bond donors (Lipinski definition) is 0. The maximum Gasteiger partial charge on any atom is 1.00 e. The van der Waals surface area contributed by atoms with Gasteiger partial charge in [-0.25, -0.2) is 0 Å². The van der Waals surface area contributed by atoms with Crippen molar-refractivity contribution in [3.05, 3.63) is 36.5 Å². The maximum absolute atomic E-state index is 10.7. The number of rotatable bonds is 5. The Kier molecular flexibility index (Phi) is 7.19. The molecule has 1 aliphatic rings. The van der Waals surface area contributed by atoms with E-state index in [1.54, 1.807) is 13.3 Å². The smallest absolute Gasteiger partial charge is 0.549 e. The third kappa shape index (κ3) is 4.92. The summed E-state index contributed by atoms with van der Waals surface area (Å²) in [5.74, 6) is 0.531. The van der Waals surface area contributed by atoms with Gasteiger partial charge in [0.05, 0.1) is 19.3 Å². The summed E-state index contributed by atoms with van der Waals surface area (Å²) in [6.45, 7) is 2.71. The standard InChI is InChI=1S/C17H20N4O3.Na/c1-24-15-5-3-2-4-14(15)13-10-16(19-18-11-13)21-8-6-20(7-9-21)12-17(22)23;/h2-5,10-11H,6-9,12H2,1H3,(H,22,23);/q;+1/p-1. The quantitative estimate of drug-likeness (QED) is 0.533. The number of piperazine rings is 1. The third-order valence-electron chi connectivity index (χ3n) is 4.11. The topological polar surface area (TPSA) is 81.6 Å². The summed E-state index contributed by atoms with van der Waals surface area (Å²) >= 11 is 0.